The van der Waals surface area contributed by atoms with Gasteiger partial charge in [0.05, 0.1) is 7.11 Å². The third-order valence-corrected chi connectivity index (χ3v) is 6.22. The Morgan fingerprint density at radius 1 is 0.892 bits per heavy atom. The van der Waals surface area contributed by atoms with Gasteiger partial charge >= 0.3 is 0 Å². The van der Waals surface area contributed by atoms with E-state index in [1.54, 1.807) is 12.0 Å². The zero-order chi connectivity index (χ0) is 26.6. The molecular weight excluding hydrogens is 464 g/mol. The minimum atomic E-state index is -0.695. The molecule has 6 heteroatoms. The minimum absolute atomic E-state index is 0.169. The highest BCUT2D eigenvalue weighted by atomic mass is 16.5. The molecule has 0 bridgehead atoms. The first-order valence-electron chi connectivity index (χ1n) is 12.9. The van der Waals surface area contributed by atoms with Crippen LogP contribution < -0.4 is 14.8 Å². The largest absolute Gasteiger partial charge is 0.497 e. The lowest BCUT2D eigenvalue weighted by molar-refractivity contribution is -0.142. The van der Waals surface area contributed by atoms with Gasteiger partial charge in [-0.25, -0.2) is 0 Å². The molecule has 0 heterocycles. The molecule has 0 aromatic heterocycles. The summed E-state index contributed by atoms with van der Waals surface area (Å²) in [5.74, 6) is 1.29. The number of nitrogens with one attached hydrogen (secondary N) is 1. The minimum Gasteiger partial charge on any atom is -0.497 e. The van der Waals surface area contributed by atoms with E-state index in [9.17, 15) is 9.59 Å². The van der Waals surface area contributed by atoms with Gasteiger partial charge in [-0.15, -0.1) is 0 Å². The van der Waals surface area contributed by atoms with Crippen molar-refractivity contribution in [1.82, 2.24) is 10.2 Å². The summed E-state index contributed by atoms with van der Waals surface area (Å²) in [5.41, 5.74) is 3.05. The van der Waals surface area contributed by atoms with Crippen molar-refractivity contribution in [2.45, 2.75) is 52.1 Å². The van der Waals surface area contributed by atoms with Gasteiger partial charge < -0.3 is 19.7 Å². The maximum absolute atomic E-state index is 13.7. The second-order valence-corrected chi connectivity index (χ2v) is 9.38. The lowest BCUT2D eigenvalue weighted by Gasteiger charge is -2.31. The van der Waals surface area contributed by atoms with Gasteiger partial charge in [-0.2, -0.15) is 0 Å². The number of carbonyl (C=O) groups is 2. The fourth-order valence-electron chi connectivity index (χ4n) is 4.06. The average Bonchev–Trinajstić information content (AvgIpc) is 2.93. The lowest BCUT2D eigenvalue weighted by Crippen LogP contribution is -2.51. The van der Waals surface area contributed by atoms with Crippen molar-refractivity contribution in [1.29, 1.82) is 0 Å². The highest BCUT2D eigenvalue weighted by Crippen LogP contribution is 2.21. The molecule has 0 unspecified atom stereocenters. The monoisotopic (exact) mass is 502 g/mol. The summed E-state index contributed by atoms with van der Waals surface area (Å²) in [5, 5.41) is 2.99. The molecule has 0 spiro atoms. The Morgan fingerprint density at radius 3 is 2.24 bits per heavy atom. The molecule has 3 aromatic carbocycles. The number of hydrogen-bond donors (Lipinski definition) is 1. The van der Waals surface area contributed by atoms with Crippen LogP contribution in [0.4, 0.5) is 0 Å². The average molecular weight is 503 g/mol. The summed E-state index contributed by atoms with van der Waals surface area (Å²) in [7, 11) is 1.61. The molecule has 0 radical (unpaired) electrons. The number of nitrogens with zero attached hydrogens (tertiary/aromatic N) is 1. The maximum atomic E-state index is 13.7. The van der Waals surface area contributed by atoms with Gasteiger partial charge in [0.25, 0.3) is 5.91 Å². The van der Waals surface area contributed by atoms with Crippen molar-refractivity contribution in [3.8, 4) is 11.5 Å². The number of methoxy groups -OCH3 is 1. The van der Waals surface area contributed by atoms with Gasteiger partial charge in [0, 0.05) is 19.5 Å². The first kappa shape index (κ1) is 27.8. The van der Waals surface area contributed by atoms with E-state index in [0.717, 1.165) is 17.5 Å². The third kappa shape index (κ3) is 8.38. The highest BCUT2D eigenvalue weighted by Gasteiger charge is 2.30. The van der Waals surface area contributed by atoms with Crippen LogP contribution in [0.5, 0.6) is 11.5 Å². The van der Waals surface area contributed by atoms with Crippen LogP contribution in [0, 0.1) is 0 Å². The first-order valence-corrected chi connectivity index (χ1v) is 12.9. The Balaban J connectivity index is 1.88. The molecule has 0 fully saturated rings. The smallest absolute Gasteiger partial charge is 0.261 e. The predicted octanol–water partition coefficient (Wildman–Crippen LogP) is 5.36. The zero-order valence-corrected chi connectivity index (χ0v) is 22.3. The summed E-state index contributed by atoms with van der Waals surface area (Å²) >= 11 is 0. The van der Waals surface area contributed by atoms with Gasteiger partial charge in [-0.1, -0.05) is 75.4 Å². The molecule has 3 rings (SSSR count). The second-order valence-electron chi connectivity index (χ2n) is 9.38. The first-order chi connectivity index (χ1) is 17.9. The third-order valence-electron chi connectivity index (χ3n) is 6.22. The Morgan fingerprint density at radius 2 is 1.59 bits per heavy atom. The Kier molecular flexibility index (Phi) is 10.6. The van der Waals surface area contributed by atoms with Crippen molar-refractivity contribution in [2.75, 3.05) is 20.3 Å². The van der Waals surface area contributed by atoms with E-state index in [-0.39, 0.29) is 25.0 Å². The molecule has 1 N–H and O–H groups in total. The van der Waals surface area contributed by atoms with Crippen molar-refractivity contribution in [2.24, 2.45) is 0 Å². The molecule has 0 aliphatic rings. The van der Waals surface area contributed by atoms with E-state index < -0.39 is 6.04 Å². The summed E-state index contributed by atoms with van der Waals surface area (Å²) < 4.78 is 11.3. The number of carbonyl (C=O) groups excluding carboxylic acids is 2. The second kappa shape index (κ2) is 14.1. The quantitative estimate of drug-likeness (QED) is 0.342. The summed E-state index contributed by atoms with van der Waals surface area (Å²) in [4.78, 5) is 28.6. The number of hydrogen-bond acceptors (Lipinski definition) is 4. The van der Waals surface area contributed by atoms with Gasteiger partial charge in [-0.05, 0) is 53.3 Å². The number of benzene rings is 3. The molecular formula is C31H38N2O4. The molecule has 196 valence electrons. The van der Waals surface area contributed by atoms with E-state index >= 15 is 0 Å². The SMILES string of the molecule is CCCNC(=O)[C@H](Cc1ccccc1)N(Cc1cccc(OC)c1)C(=O)COc1ccc(C(C)C)cc1. The van der Waals surface area contributed by atoms with E-state index in [1.807, 2.05) is 85.8 Å². The van der Waals surface area contributed by atoms with Gasteiger partial charge in [0.15, 0.2) is 6.61 Å². The summed E-state index contributed by atoms with van der Waals surface area (Å²) in [6.45, 7) is 6.90. The van der Waals surface area contributed by atoms with Gasteiger partial charge in [0.1, 0.15) is 17.5 Å². The van der Waals surface area contributed by atoms with Crippen molar-refractivity contribution < 1.29 is 19.1 Å². The normalized spacial score (nSPS) is 11.6. The van der Waals surface area contributed by atoms with E-state index in [0.29, 0.717) is 30.4 Å². The standard InChI is InChI=1S/C31H38N2O4/c1-5-18-32-31(35)29(20-24-10-7-6-8-11-24)33(21-25-12-9-13-28(19-25)36-4)30(34)22-37-27-16-14-26(15-17-27)23(2)3/h6-17,19,23,29H,5,18,20-22H2,1-4H3,(H,32,35)/t29-/m0/s1. The molecule has 6 nitrogen and oxygen atoms in total. The van der Waals surface area contributed by atoms with Crippen LogP contribution in [-0.4, -0.2) is 43.0 Å². The molecule has 0 saturated carbocycles. The van der Waals surface area contributed by atoms with Crippen molar-refractivity contribution in [3.63, 3.8) is 0 Å². The zero-order valence-electron chi connectivity index (χ0n) is 22.3. The number of rotatable bonds is 13. The number of ether oxygens (including phenoxy) is 2. The fourth-order valence-corrected chi connectivity index (χ4v) is 4.06. The summed E-state index contributed by atoms with van der Waals surface area (Å²) in [6, 6.07) is 24.4. The van der Waals surface area contributed by atoms with Crippen molar-refractivity contribution in [3.05, 3.63) is 95.6 Å². The molecule has 3 aromatic rings. The number of amides is 2. The van der Waals surface area contributed by atoms with Crippen LogP contribution in [0.1, 0.15) is 49.8 Å². The van der Waals surface area contributed by atoms with Gasteiger partial charge in [0.2, 0.25) is 5.91 Å². The molecule has 2 amide bonds. The van der Waals surface area contributed by atoms with Crippen LogP contribution in [0.15, 0.2) is 78.9 Å². The van der Waals surface area contributed by atoms with Crippen LogP contribution in [0.25, 0.3) is 0 Å². The molecule has 0 saturated heterocycles. The Hall–Kier alpha value is -3.80. The maximum Gasteiger partial charge on any atom is 0.261 e. The predicted molar refractivity (Wildman–Crippen MR) is 147 cm³/mol. The fraction of sp³-hybridized carbons (Fsp3) is 0.355. The van der Waals surface area contributed by atoms with E-state index in [2.05, 4.69) is 19.2 Å². The molecule has 37 heavy (non-hydrogen) atoms. The van der Waals surface area contributed by atoms with Crippen LogP contribution in [0.3, 0.4) is 0 Å². The molecule has 0 aliphatic heterocycles. The molecule has 1 atom stereocenters. The van der Waals surface area contributed by atoms with Crippen molar-refractivity contribution >= 4 is 11.8 Å². The van der Waals surface area contributed by atoms with Crippen LogP contribution in [-0.2, 0) is 22.6 Å². The van der Waals surface area contributed by atoms with Gasteiger partial charge in [-0.3, -0.25) is 9.59 Å². The van der Waals surface area contributed by atoms with E-state index in [1.165, 1.54) is 5.56 Å². The summed E-state index contributed by atoms with van der Waals surface area (Å²) in [6.07, 6.45) is 1.21. The lowest BCUT2D eigenvalue weighted by atomic mass is 10.0. The van der Waals surface area contributed by atoms with Crippen LogP contribution >= 0.6 is 0 Å². The van der Waals surface area contributed by atoms with Crippen LogP contribution in [0.2, 0.25) is 0 Å². The topological polar surface area (TPSA) is 67.9 Å². The molecule has 0 aliphatic carbocycles. The Labute approximate surface area is 220 Å². The highest BCUT2D eigenvalue weighted by molar-refractivity contribution is 5.88. The Bertz CT molecular complexity index is 1130. The van der Waals surface area contributed by atoms with E-state index in [4.69, 9.17) is 9.47 Å².